The van der Waals surface area contributed by atoms with Gasteiger partial charge in [-0.05, 0) is 17.4 Å². The predicted molar refractivity (Wildman–Crippen MR) is 102 cm³/mol. The Morgan fingerprint density at radius 3 is 2.38 bits per heavy atom. The van der Waals surface area contributed by atoms with Gasteiger partial charge in [0, 0.05) is 39.4 Å². The van der Waals surface area contributed by atoms with Crippen LogP contribution in [0.1, 0.15) is 45.6 Å². The predicted octanol–water partition coefficient (Wildman–Crippen LogP) is 2.41. The maximum absolute atomic E-state index is 12.8. The van der Waals surface area contributed by atoms with Crippen molar-refractivity contribution in [3.63, 3.8) is 0 Å². The van der Waals surface area contributed by atoms with Crippen molar-refractivity contribution in [3.05, 3.63) is 35.9 Å². The minimum atomic E-state index is -0.310. The number of carbonyl (C=O) groups excluding carboxylic acids is 2. The van der Waals surface area contributed by atoms with Gasteiger partial charge >= 0.3 is 0 Å². The maximum Gasteiger partial charge on any atom is 0.241 e. The van der Waals surface area contributed by atoms with Gasteiger partial charge in [-0.25, -0.2) is 0 Å². The fourth-order valence-corrected chi connectivity index (χ4v) is 4.09. The van der Waals surface area contributed by atoms with E-state index in [1.807, 2.05) is 35.0 Å². The topological polar surface area (TPSA) is 52.7 Å². The Labute approximate surface area is 156 Å². The second kappa shape index (κ2) is 7.03. The first-order chi connectivity index (χ1) is 12.2. The molecule has 0 saturated carbocycles. The minimum Gasteiger partial charge on any atom is -0.342 e. The van der Waals surface area contributed by atoms with E-state index < -0.39 is 0 Å². The molecule has 1 unspecified atom stereocenters. The molecule has 0 aromatic heterocycles. The molecule has 5 heteroatoms. The Hall–Kier alpha value is -1.88. The zero-order chi connectivity index (χ0) is 18.9. The lowest BCUT2D eigenvalue weighted by molar-refractivity contribution is -0.137. The highest BCUT2D eigenvalue weighted by Crippen LogP contribution is 2.33. The van der Waals surface area contributed by atoms with Gasteiger partial charge in [0.05, 0.1) is 11.7 Å². The fraction of sp³-hybridized carbons (Fsp3) is 0.619. The van der Waals surface area contributed by atoms with Gasteiger partial charge in [-0.1, -0.05) is 51.1 Å². The maximum atomic E-state index is 12.8. The molecular formula is C21H31N3O2. The van der Waals surface area contributed by atoms with Gasteiger partial charge in [0.2, 0.25) is 11.8 Å². The summed E-state index contributed by atoms with van der Waals surface area (Å²) in [5, 5.41) is 3.60. The molecule has 0 bridgehead atoms. The fourth-order valence-electron chi connectivity index (χ4n) is 4.09. The molecule has 0 aliphatic carbocycles. The molecule has 0 radical (unpaired) electrons. The summed E-state index contributed by atoms with van der Waals surface area (Å²) < 4.78 is 0. The van der Waals surface area contributed by atoms with Crippen LogP contribution in [0, 0.1) is 5.41 Å². The van der Waals surface area contributed by atoms with E-state index in [2.05, 4.69) is 38.2 Å². The second-order valence-electron chi connectivity index (χ2n) is 8.93. The number of piperidine rings is 1. The van der Waals surface area contributed by atoms with Gasteiger partial charge in [0.1, 0.15) is 0 Å². The summed E-state index contributed by atoms with van der Waals surface area (Å²) in [6, 6.07) is 9.95. The molecule has 2 heterocycles. The van der Waals surface area contributed by atoms with Crippen molar-refractivity contribution in [1.82, 2.24) is 15.1 Å². The van der Waals surface area contributed by atoms with Gasteiger partial charge < -0.3 is 9.80 Å². The third-order valence-electron chi connectivity index (χ3n) is 5.62. The summed E-state index contributed by atoms with van der Waals surface area (Å²) in [6.45, 7) is 7.69. The second-order valence-corrected chi connectivity index (χ2v) is 8.93. The number of likely N-dealkylation sites (tertiary alicyclic amines) is 1. The first kappa shape index (κ1) is 18.9. The van der Waals surface area contributed by atoms with Crippen LogP contribution in [0.5, 0.6) is 0 Å². The Bertz CT molecular complexity index is 658. The number of hydrogen-bond donors (Lipinski definition) is 1. The van der Waals surface area contributed by atoms with Gasteiger partial charge in [-0.2, -0.15) is 0 Å². The summed E-state index contributed by atoms with van der Waals surface area (Å²) >= 11 is 0. The summed E-state index contributed by atoms with van der Waals surface area (Å²) in [4.78, 5) is 29.1. The zero-order valence-corrected chi connectivity index (χ0v) is 16.4. The zero-order valence-electron chi connectivity index (χ0n) is 16.4. The summed E-state index contributed by atoms with van der Waals surface area (Å²) in [5.41, 5.74) is 0.863. The smallest absolute Gasteiger partial charge is 0.241 e. The Morgan fingerprint density at radius 2 is 1.81 bits per heavy atom. The highest BCUT2D eigenvalue weighted by Gasteiger charge is 2.50. The quantitative estimate of drug-likeness (QED) is 0.904. The van der Waals surface area contributed by atoms with Crippen LogP contribution in [0.3, 0.4) is 0 Å². The van der Waals surface area contributed by atoms with Crippen LogP contribution in [0.2, 0.25) is 0 Å². The third-order valence-corrected chi connectivity index (χ3v) is 5.62. The van der Waals surface area contributed by atoms with Crippen molar-refractivity contribution in [3.8, 4) is 0 Å². The number of rotatable bonds is 3. The van der Waals surface area contributed by atoms with Crippen LogP contribution in [0.4, 0.5) is 0 Å². The van der Waals surface area contributed by atoms with Crippen LogP contribution in [0.25, 0.3) is 0 Å². The van der Waals surface area contributed by atoms with Crippen molar-refractivity contribution >= 4 is 11.8 Å². The molecule has 1 aromatic carbocycles. The average Bonchev–Trinajstić information content (AvgIpc) is 2.80. The van der Waals surface area contributed by atoms with E-state index in [4.69, 9.17) is 0 Å². The van der Waals surface area contributed by atoms with Gasteiger partial charge in [0.25, 0.3) is 0 Å². The molecule has 2 aliphatic rings. The monoisotopic (exact) mass is 357 g/mol. The van der Waals surface area contributed by atoms with Gasteiger partial charge in [-0.3, -0.25) is 14.9 Å². The molecule has 1 spiro atoms. The van der Waals surface area contributed by atoms with Crippen molar-refractivity contribution in [2.75, 3.05) is 20.1 Å². The van der Waals surface area contributed by atoms with Crippen LogP contribution in [0.15, 0.2) is 30.3 Å². The standard InChI is InChI=1S/C21H31N3O2/c1-20(2,3)15-18(25)24-12-10-21(11-13-24)22-17(19(26)23(21)4)14-16-8-6-5-7-9-16/h5-9,17,22H,10-15H2,1-4H3. The number of carbonyl (C=O) groups is 2. The van der Waals surface area contributed by atoms with Crippen molar-refractivity contribution in [2.45, 2.75) is 58.2 Å². The largest absolute Gasteiger partial charge is 0.342 e. The lowest BCUT2D eigenvalue weighted by atomic mass is 9.90. The Kier molecular flexibility index (Phi) is 5.11. The Morgan fingerprint density at radius 1 is 1.19 bits per heavy atom. The van der Waals surface area contributed by atoms with Crippen LogP contribution in [-0.4, -0.2) is 53.5 Å². The molecule has 3 rings (SSSR count). The van der Waals surface area contributed by atoms with E-state index in [0.29, 0.717) is 25.9 Å². The molecule has 1 N–H and O–H groups in total. The highest BCUT2D eigenvalue weighted by molar-refractivity contribution is 5.85. The van der Waals surface area contributed by atoms with E-state index in [-0.39, 0.29) is 28.9 Å². The molecule has 26 heavy (non-hydrogen) atoms. The molecular weight excluding hydrogens is 326 g/mol. The molecule has 1 aromatic rings. The highest BCUT2D eigenvalue weighted by atomic mass is 16.2. The first-order valence-electron chi connectivity index (χ1n) is 9.57. The van der Waals surface area contributed by atoms with E-state index >= 15 is 0 Å². The SMILES string of the molecule is CN1C(=O)C(Cc2ccccc2)NC12CCN(C(=O)CC(C)(C)C)CC2. The summed E-state index contributed by atoms with van der Waals surface area (Å²) in [6.07, 6.45) is 2.85. The van der Waals surface area contributed by atoms with Gasteiger partial charge in [-0.15, -0.1) is 0 Å². The number of amides is 2. The van der Waals surface area contributed by atoms with E-state index in [9.17, 15) is 9.59 Å². The number of likely N-dealkylation sites (N-methyl/N-ethyl adjacent to an activating group) is 1. The molecule has 2 saturated heterocycles. The molecule has 1 atom stereocenters. The van der Waals surface area contributed by atoms with Crippen LogP contribution < -0.4 is 5.32 Å². The minimum absolute atomic E-state index is 0.00532. The average molecular weight is 357 g/mol. The number of nitrogens with one attached hydrogen (secondary N) is 1. The number of nitrogens with zero attached hydrogens (tertiary/aromatic N) is 2. The van der Waals surface area contributed by atoms with E-state index in [1.54, 1.807) is 0 Å². The summed E-state index contributed by atoms with van der Waals surface area (Å²) in [7, 11) is 1.90. The van der Waals surface area contributed by atoms with Crippen molar-refractivity contribution < 1.29 is 9.59 Å². The molecule has 2 aliphatic heterocycles. The molecule has 2 amide bonds. The van der Waals surface area contributed by atoms with E-state index in [0.717, 1.165) is 12.8 Å². The first-order valence-corrected chi connectivity index (χ1v) is 9.57. The van der Waals surface area contributed by atoms with E-state index in [1.165, 1.54) is 5.56 Å². The van der Waals surface area contributed by atoms with Crippen molar-refractivity contribution in [2.24, 2.45) is 5.41 Å². The molecule has 2 fully saturated rings. The Balaban J connectivity index is 1.63. The lowest BCUT2D eigenvalue weighted by Crippen LogP contribution is -2.58. The lowest BCUT2D eigenvalue weighted by Gasteiger charge is -2.43. The normalized spacial score (nSPS) is 22.9. The molecule has 5 nitrogen and oxygen atoms in total. The van der Waals surface area contributed by atoms with Crippen LogP contribution >= 0.6 is 0 Å². The van der Waals surface area contributed by atoms with Crippen LogP contribution in [-0.2, 0) is 16.0 Å². The van der Waals surface area contributed by atoms with Crippen molar-refractivity contribution in [1.29, 1.82) is 0 Å². The summed E-state index contributed by atoms with van der Waals surface area (Å²) in [5.74, 6) is 0.378. The third kappa shape index (κ3) is 3.93. The number of benzene rings is 1. The number of hydrogen-bond acceptors (Lipinski definition) is 3. The molecule has 142 valence electrons. The van der Waals surface area contributed by atoms with Gasteiger partial charge in [0.15, 0.2) is 0 Å².